The molecule has 0 amide bonds. The molecule has 0 heterocycles. The van der Waals surface area contributed by atoms with Gasteiger partial charge in [0, 0.05) is 0 Å². The van der Waals surface area contributed by atoms with Crippen LogP contribution >= 0.6 is 0 Å². The quantitative estimate of drug-likeness (QED) is 0.509. The van der Waals surface area contributed by atoms with Gasteiger partial charge in [0.1, 0.15) is 0 Å². The Labute approximate surface area is 62.9 Å². The Hall–Kier alpha value is -0.780. The maximum absolute atomic E-state index is 3.72. The first-order valence-electron chi connectivity index (χ1n) is 3.70. The molecule has 0 saturated carbocycles. The van der Waals surface area contributed by atoms with E-state index in [-0.39, 0.29) is 0 Å². The maximum atomic E-state index is 3.72. The molecule has 1 aliphatic rings. The van der Waals surface area contributed by atoms with Crippen molar-refractivity contribution in [1.82, 2.24) is 0 Å². The van der Waals surface area contributed by atoms with Crippen LogP contribution in [-0.4, -0.2) is 0 Å². The summed E-state index contributed by atoms with van der Waals surface area (Å²) in [6.45, 7) is 8.10. The fourth-order valence-electron chi connectivity index (χ4n) is 1.39. The first-order chi connectivity index (χ1) is 4.74. The van der Waals surface area contributed by atoms with Gasteiger partial charge in [-0.1, -0.05) is 23.3 Å². The molecule has 0 nitrogen and oxygen atoms in total. The van der Waals surface area contributed by atoms with Crippen LogP contribution in [0.2, 0.25) is 0 Å². The van der Waals surface area contributed by atoms with Crippen LogP contribution in [0.5, 0.6) is 0 Å². The minimum Gasteiger partial charge on any atom is -0.103 e. The van der Waals surface area contributed by atoms with Crippen molar-refractivity contribution in [3.05, 3.63) is 35.5 Å². The van der Waals surface area contributed by atoms with Gasteiger partial charge >= 0.3 is 0 Å². The number of hydrogen-bond donors (Lipinski definition) is 0. The molecule has 0 aliphatic heterocycles. The summed E-state index contributed by atoms with van der Waals surface area (Å²) in [4.78, 5) is 0. The van der Waals surface area contributed by atoms with Gasteiger partial charge in [-0.3, -0.25) is 0 Å². The van der Waals surface area contributed by atoms with E-state index in [1.54, 1.807) is 0 Å². The largest absolute Gasteiger partial charge is 0.103 e. The summed E-state index contributed by atoms with van der Waals surface area (Å²) in [5.74, 6) is 0. The molecule has 0 aromatic heterocycles. The molecule has 0 fully saturated rings. The molecule has 1 rings (SSSR count). The summed E-state index contributed by atoms with van der Waals surface area (Å²) >= 11 is 0. The van der Waals surface area contributed by atoms with Crippen LogP contribution < -0.4 is 0 Å². The summed E-state index contributed by atoms with van der Waals surface area (Å²) in [5.41, 5.74) is 4.46. The molecule has 1 aliphatic carbocycles. The Kier molecular flexibility index (Phi) is 2.10. The number of allylic oxidation sites excluding steroid dienone is 5. The van der Waals surface area contributed by atoms with Crippen molar-refractivity contribution in [1.29, 1.82) is 0 Å². The summed E-state index contributed by atoms with van der Waals surface area (Å²) in [6.07, 6.45) is 6.44. The average Bonchev–Trinajstić information content (AvgIpc) is 2.13. The second-order valence-corrected chi connectivity index (χ2v) is 2.97. The van der Waals surface area contributed by atoms with Crippen LogP contribution in [0.1, 0.15) is 26.7 Å². The van der Waals surface area contributed by atoms with Gasteiger partial charge in [-0.25, -0.2) is 0 Å². The lowest BCUT2D eigenvalue weighted by Crippen LogP contribution is -1.75. The van der Waals surface area contributed by atoms with Crippen molar-refractivity contribution in [2.45, 2.75) is 26.7 Å². The van der Waals surface area contributed by atoms with Crippen molar-refractivity contribution in [2.24, 2.45) is 0 Å². The SMILES string of the molecule is C=CCC1=C(C)CC(C)=C1. The Balaban J connectivity index is 2.71. The molecule has 0 unspecified atom stereocenters. The highest BCUT2D eigenvalue weighted by Gasteiger charge is 2.06. The molecule has 54 valence electrons. The minimum absolute atomic E-state index is 1.03. The summed E-state index contributed by atoms with van der Waals surface area (Å²) in [5, 5.41) is 0. The van der Waals surface area contributed by atoms with Gasteiger partial charge in [0.25, 0.3) is 0 Å². The molecule has 0 N–H and O–H groups in total. The summed E-state index contributed by atoms with van der Waals surface area (Å²) in [7, 11) is 0. The van der Waals surface area contributed by atoms with Crippen LogP contribution in [0, 0.1) is 0 Å². The van der Waals surface area contributed by atoms with Crippen molar-refractivity contribution >= 4 is 0 Å². The van der Waals surface area contributed by atoms with Gasteiger partial charge in [0.15, 0.2) is 0 Å². The van der Waals surface area contributed by atoms with E-state index in [9.17, 15) is 0 Å². The Morgan fingerprint density at radius 3 is 2.70 bits per heavy atom. The molecule has 10 heavy (non-hydrogen) atoms. The zero-order valence-corrected chi connectivity index (χ0v) is 6.78. The lowest BCUT2D eigenvalue weighted by Gasteiger charge is -1.95. The molecule has 0 spiro atoms. The third kappa shape index (κ3) is 1.38. The average molecular weight is 134 g/mol. The van der Waals surface area contributed by atoms with E-state index < -0.39 is 0 Å². The van der Waals surface area contributed by atoms with Gasteiger partial charge in [-0.15, -0.1) is 6.58 Å². The van der Waals surface area contributed by atoms with Crippen LogP contribution in [0.25, 0.3) is 0 Å². The van der Waals surface area contributed by atoms with Gasteiger partial charge in [0.05, 0.1) is 0 Å². The minimum atomic E-state index is 1.03. The lowest BCUT2D eigenvalue weighted by atomic mass is 10.1. The molecule has 0 saturated heterocycles. The van der Waals surface area contributed by atoms with E-state index in [0.717, 1.165) is 6.42 Å². The molecule has 0 atom stereocenters. The van der Waals surface area contributed by atoms with Gasteiger partial charge in [0.2, 0.25) is 0 Å². The van der Waals surface area contributed by atoms with Crippen molar-refractivity contribution in [3.63, 3.8) is 0 Å². The summed E-state index contributed by atoms with van der Waals surface area (Å²) in [6, 6.07) is 0. The van der Waals surface area contributed by atoms with Crippen molar-refractivity contribution in [2.75, 3.05) is 0 Å². The molecule has 0 aromatic carbocycles. The second-order valence-electron chi connectivity index (χ2n) is 2.97. The van der Waals surface area contributed by atoms with E-state index >= 15 is 0 Å². The normalized spacial score (nSPS) is 17.6. The number of hydrogen-bond acceptors (Lipinski definition) is 0. The Bertz CT molecular complexity index is 204. The van der Waals surface area contributed by atoms with Gasteiger partial charge < -0.3 is 0 Å². The van der Waals surface area contributed by atoms with E-state index in [0.29, 0.717) is 0 Å². The standard InChI is InChI=1S/C10H14/c1-4-5-10-7-8(2)6-9(10)3/h4,7H,1,5-6H2,2-3H3. The Morgan fingerprint density at radius 1 is 1.60 bits per heavy atom. The molecule has 0 heteroatoms. The highest BCUT2D eigenvalue weighted by Crippen LogP contribution is 2.26. The fourth-order valence-corrected chi connectivity index (χ4v) is 1.39. The van der Waals surface area contributed by atoms with Crippen molar-refractivity contribution in [3.8, 4) is 0 Å². The van der Waals surface area contributed by atoms with E-state index in [1.165, 1.54) is 23.1 Å². The van der Waals surface area contributed by atoms with Crippen molar-refractivity contribution < 1.29 is 0 Å². The lowest BCUT2D eigenvalue weighted by molar-refractivity contribution is 1.12. The maximum Gasteiger partial charge on any atom is -0.0101 e. The van der Waals surface area contributed by atoms with Crippen LogP contribution in [0.4, 0.5) is 0 Å². The predicted molar refractivity (Wildman–Crippen MR) is 45.9 cm³/mol. The molecular formula is C10H14. The first kappa shape index (κ1) is 7.33. The predicted octanol–water partition coefficient (Wildman–Crippen LogP) is 3.23. The van der Waals surface area contributed by atoms with Gasteiger partial charge in [-0.05, 0) is 32.3 Å². The Morgan fingerprint density at radius 2 is 2.30 bits per heavy atom. The second kappa shape index (κ2) is 2.87. The fraction of sp³-hybridized carbons (Fsp3) is 0.400. The number of rotatable bonds is 2. The molecular weight excluding hydrogens is 120 g/mol. The summed E-state index contributed by atoms with van der Waals surface area (Å²) < 4.78 is 0. The van der Waals surface area contributed by atoms with E-state index in [1.807, 2.05) is 6.08 Å². The molecule has 0 radical (unpaired) electrons. The van der Waals surface area contributed by atoms with Crippen LogP contribution in [0.3, 0.4) is 0 Å². The van der Waals surface area contributed by atoms with Crippen LogP contribution in [-0.2, 0) is 0 Å². The topological polar surface area (TPSA) is 0 Å². The first-order valence-corrected chi connectivity index (χ1v) is 3.70. The van der Waals surface area contributed by atoms with E-state index in [2.05, 4.69) is 26.5 Å². The molecule has 0 aromatic rings. The highest BCUT2D eigenvalue weighted by molar-refractivity contribution is 5.38. The third-order valence-corrected chi connectivity index (χ3v) is 1.88. The zero-order chi connectivity index (χ0) is 7.56. The highest BCUT2D eigenvalue weighted by atomic mass is 14.1. The smallest absolute Gasteiger partial charge is 0.0101 e. The van der Waals surface area contributed by atoms with Crippen LogP contribution in [0.15, 0.2) is 35.5 Å². The molecule has 0 bridgehead atoms. The monoisotopic (exact) mass is 134 g/mol. The van der Waals surface area contributed by atoms with Gasteiger partial charge in [-0.2, -0.15) is 0 Å². The third-order valence-electron chi connectivity index (χ3n) is 1.88. The zero-order valence-electron chi connectivity index (χ0n) is 6.78. The van der Waals surface area contributed by atoms with E-state index in [4.69, 9.17) is 0 Å².